The second-order valence-electron chi connectivity index (χ2n) is 9.24. The molecule has 0 spiro atoms. The summed E-state index contributed by atoms with van der Waals surface area (Å²) in [4.78, 5) is 0. The summed E-state index contributed by atoms with van der Waals surface area (Å²) in [6, 6.07) is 39.8. The average molecular weight is 437 g/mol. The first-order chi connectivity index (χ1) is 16.7. The van der Waals surface area contributed by atoms with E-state index in [1.165, 1.54) is 66.1 Å². The van der Waals surface area contributed by atoms with Crippen LogP contribution in [0.4, 0.5) is 0 Å². The Balaban J connectivity index is 1.79. The van der Waals surface area contributed by atoms with Crippen LogP contribution in [0.1, 0.15) is 11.1 Å². The molecule has 0 aliphatic carbocycles. The van der Waals surface area contributed by atoms with Gasteiger partial charge in [0.15, 0.2) is 0 Å². The fraction of sp³-hybridized carbons (Fsp3) is 0.0625. The van der Waals surface area contributed by atoms with Gasteiger partial charge >= 0.3 is 0 Å². The predicted octanol–water partition coefficient (Wildman–Crippen LogP) is 8.50. The molecule has 0 N–H and O–H groups in total. The van der Waals surface area contributed by atoms with E-state index in [2.05, 4.69) is 132 Å². The Morgan fingerprint density at radius 1 is 0.412 bits per heavy atom. The van der Waals surface area contributed by atoms with Gasteiger partial charge < -0.3 is 9.13 Å². The second-order valence-corrected chi connectivity index (χ2v) is 9.24. The summed E-state index contributed by atoms with van der Waals surface area (Å²) in [6.07, 6.45) is 0. The molecule has 0 fully saturated rings. The summed E-state index contributed by atoms with van der Waals surface area (Å²) in [6.45, 7) is 4.33. The molecule has 2 heterocycles. The predicted molar refractivity (Wildman–Crippen MR) is 145 cm³/mol. The fourth-order valence-electron chi connectivity index (χ4n) is 5.57. The standard InChI is InChI=1S/C32H24N2/c1-21-9-7-11-23(19-21)33-29-15-5-3-13-25(29)27-17-18-28-26-14-4-6-16-30(26)34(32(28)31(27)33)24-12-8-10-22(2)20-24/h3-20H,1-2H3. The molecule has 2 aromatic heterocycles. The van der Waals surface area contributed by atoms with Crippen molar-refractivity contribution >= 4 is 43.6 Å². The monoisotopic (exact) mass is 436 g/mol. The smallest absolute Gasteiger partial charge is 0.0788 e. The van der Waals surface area contributed by atoms with E-state index in [0.29, 0.717) is 0 Å². The molecule has 0 radical (unpaired) electrons. The number of para-hydroxylation sites is 2. The van der Waals surface area contributed by atoms with Crippen molar-refractivity contribution in [3.05, 3.63) is 120 Å². The van der Waals surface area contributed by atoms with Crippen LogP contribution in [-0.2, 0) is 0 Å². The SMILES string of the molecule is Cc1cccc(-n2c3ccccc3c3ccc4c5ccccc5n(-c5cccc(C)c5)c4c32)c1. The van der Waals surface area contributed by atoms with Gasteiger partial charge in [-0.25, -0.2) is 0 Å². The van der Waals surface area contributed by atoms with Crippen molar-refractivity contribution in [2.45, 2.75) is 13.8 Å². The first-order valence-corrected chi connectivity index (χ1v) is 11.8. The van der Waals surface area contributed by atoms with Crippen LogP contribution in [0.5, 0.6) is 0 Å². The zero-order valence-electron chi connectivity index (χ0n) is 19.3. The van der Waals surface area contributed by atoms with E-state index in [1.54, 1.807) is 0 Å². The molecule has 0 bridgehead atoms. The molecule has 162 valence electrons. The van der Waals surface area contributed by atoms with E-state index in [-0.39, 0.29) is 0 Å². The number of benzene rings is 5. The Hall–Kier alpha value is -4.30. The summed E-state index contributed by atoms with van der Waals surface area (Å²) in [5.41, 5.74) is 9.88. The van der Waals surface area contributed by atoms with Crippen LogP contribution in [0.15, 0.2) is 109 Å². The van der Waals surface area contributed by atoms with E-state index in [1.807, 2.05) is 0 Å². The van der Waals surface area contributed by atoms with Gasteiger partial charge in [0.2, 0.25) is 0 Å². The van der Waals surface area contributed by atoms with E-state index >= 15 is 0 Å². The Morgan fingerprint density at radius 2 is 0.853 bits per heavy atom. The van der Waals surface area contributed by atoms with Crippen molar-refractivity contribution in [1.82, 2.24) is 9.13 Å². The van der Waals surface area contributed by atoms with Crippen molar-refractivity contribution < 1.29 is 0 Å². The molecule has 2 nitrogen and oxygen atoms in total. The molecular formula is C32H24N2. The average Bonchev–Trinajstić information content (AvgIpc) is 3.37. The molecule has 7 aromatic rings. The third kappa shape index (κ3) is 2.63. The topological polar surface area (TPSA) is 9.86 Å². The van der Waals surface area contributed by atoms with Crippen molar-refractivity contribution in [3.63, 3.8) is 0 Å². The summed E-state index contributed by atoms with van der Waals surface area (Å²) in [5, 5.41) is 5.12. The molecule has 0 saturated carbocycles. The Labute approximate surface area is 198 Å². The van der Waals surface area contributed by atoms with Gasteiger partial charge in [0, 0.05) is 32.9 Å². The molecular weight excluding hydrogens is 412 g/mol. The van der Waals surface area contributed by atoms with Gasteiger partial charge in [-0.15, -0.1) is 0 Å². The summed E-state index contributed by atoms with van der Waals surface area (Å²) >= 11 is 0. The van der Waals surface area contributed by atoms with Crippen LogP contribution in [-0.4, -0.2) is 9.13 Å². The maximum Gasteiger partial charge on any atom is 0.0788 e. The van der Waals surface area contributed by atoms with E-state index in [9.17, 15) is 0 Å². The van der Waals surface area contributed by atoms with Crippen LogP contribution in [0.2, 0.25) is 0 Å². The Bertz CT molecular complexity index is 1740. The number of fused-ring (bicyclic) bond motifs is 7. The van der Waals surface area contributed by atoms with E-state index in [0.717, 1.165) is 0 Å². The van der Waals surface area contributed by atoms with Gasteiger partial charge in [0.25, 0.3) is 0 Å². The molecule has 0 aliphatic heterocycles. The molecule has 7 rings (SSSR count). The minimum atomic E-state index is 1.19. The highest BCUT2D eigenvalue weighted by atomic mass is 15.0. The summed E-state index contributed by atoms with van der Waals surface area (Å²) in [5.74, 6) is 0. The van der Waals surface area contributed by atoms with Gasteiger partial charge in [-0.05, 0) is 61.4 Å². The highest BCUT2D eigenvalue weighted by Crippen LogP contribution is 2.41. The third-order valence-corrected chi connectivity index (χ3v) is 6.99. The zero-order valence-corrected chi connectivity index (χ0v) is 19.3. The van der Waals surface area contributed by atoms with E-state index in [4.69, 9.17) is 0 Å². The molecule has 0 unspecified atom stereocenters. The van der Waals surface area contributed by atoms with E-state index < -0.39 is 0 Å². The van der Waals surface area contributed by atoms with Gasteiger partial charge in [0.05, 0.1) is 22.1 Å². The molecule has 5 aromatic carbocycles. The molecule has 34 heavy (non-hydrogen) atoms. The van der Waals surface area contributed by atoms with Crippen LogP contribution in [0.25, 0.3) is 55.0 Å². The first kappa shape index (κ1) is 19.2. The lowest BCUT2D eigenvalue weighted by molar-refractivity contribution is 1.14. The molecule has 0 atom stereocenters. The highest BCUT2D eigenvalue weighted by molar-refractivity contribution is 6.23. The second kappa shape index (κ2) is 7.10. The first-order valence-electron chi connectivity index (χ1n) is 11.8. The van der Waals surface area contributed by atoms with Gasteiger partial charge in [-0.2, -0.15) is 0 Å². The lowest BCUT2D eigenvalue weighted by Gasteiger charge is -2.13. The summed E-state index contributed by atoms with van der Waals surface area (Å²) < 4.78 is 4.90. The van der Waals surface area contributed by atoms with Crippen molar-refractivity contribution in [2.24, 2.45) is 0 Å². The molecule has 0 amide bonds. The third-order valence-electron chi connectivity index (χ3n) is 6.99. The van der Waals surface area contributed by atoms with Gasteiger partial charge in [-0.1, -0.05) is 72.8 Å². The number of hydrogen-bond acceptors (Lipinski definition) is 0. The molecule has 0 aliphatic rings. The largest absolute Gasteiger partial charge is 0.307 e. The zero-order chi connectivity index (χ0) is 22.8. The van der Waals surface area contributed by atoms with Crippen molar-refractivity contribution in [3.8, 4) is 11.4 Å². The van der Waals surface area contributed by atoms with Gasteiger partial charge in [0.1, 0.15) is 0 Å². The van der Waals surface area contributed by atoms with Crippen molar-refractivity contribution in [1.29, 1.82) is 0 Å². The van der Waals surface area contributed by atoms with Crippen LogP contribution >= 0.6 is 0 Å². The molecule has 0 saturated heterocycles. The van der Waals surface area contributed by atoms with Crippen LogP contribution in [0, 0.1) is 13.8 Å². The van der Waals surface area contributed by atoms with Crippen LogP contribution in [0.3, 0.4) is 0 Å². The maximum absolute atomic E-state index is 2.45. The molecule has 2 heteroatoms. The number of aromatic nitrogens is 2. The normalized spacial score (nSPS) is 11.8. The quantitative estimate of drug-likeness (QED) is 0.257. The lowest BCUT2D eigenvalue weighted by atomic mass is 10.1. The van der Waals surface area contributed by atoms with Crippen molar-refractivity contribution in [2.75, 3.05) is 0 Å². The van der Waals surface area contributed by atoms with Gasteiger partial charge in [-0.3, -0.25) is 0 Å². The fourth-order valence-corrected chi connectivity index (χ4v) is 5.57. The minimum Gasteiger partial charge on any atom is -0.307 e. The minimum absolute atomic E-state index is 1.19. The van der Waals surface area contributed by atoms with Crippen LogP contribution < -0.4 is 0 Å². The number of rotatable bonds is 2. The lowest BCUT2D eigenvalue weighted by Crippen LogP contribution is -1.99. The Kier molecular flexibility index (Phi) is 4.01. The number of nitrogens with zero attached hydrogens (tertiary/aromatic N) is 2. The highest BCUT2D eigenvalue weighted by Gasteiger charge is 2.20. The number of aryl methyl sites for hydroxylation is 2. The maximum atomic E-state index is 2.45. The number of hydrogen-bond donors (Lipinski definition) is 0. The Morgan fingerprint density at radius 3 is 1.29 bits per heavy atom. The summed E-state index contributed by atoms with van der Waals surface area (Å²) in [7, 11) is 0.